The van der Waals surface area contributed by atoms with Crippen molar-refractivity contribution in [2.24, 2.45) is 47.3 Å². The normalized spacial score (nSPS) is 54.8. The predicted octanol–water partition coefficient (Wildman–Crippen LogP) is 4.33. The van der Waals surface area contributed by atoms with E-state index in [-0.39, 0.29) is 0 Å². The maximum Gasteiger partial charge on any atom is 0.0129 e. The average Bonchev–Trinajstić information content (AvgIpc) is 2.82. The summed E-state index contributed by atoms with van der Waals surface area (Å²) >= 11 is 0. The number of rotatable bonds is 4. The lowest BCUT2D eigenvalue weighted by atomic mass is 9.72. The van der Waals surface area contributed by atoms with Gasteiger partial charge in [0.1, 0.15) is 0 Å². The van der Waals surface area contributed by atoms with Gasteiger partial charge in [-0.25, -0.2) is 0 Å². The van der Waals surface area contributed by atoms with Gasteiger partial charge in [0.2, 0.25) is 0 Å². The summed E-state index contributed by atoms with van der Waals surface area (Å²) in [6.07, 6.45) is 9.19. The van der Waals surface area contributed by atoms with Crippen LogP contribution in [0.5, 0.6) is 0 Å². The minimum absolute atomic E-state index is 0.864. The Morgan fingerprint density at radius 1 is 0.900 bits per heavy atom. The third-order valence-corrected chi connectivity index (χ3v) is 7.37. The molecule has 1 nitrogen and oxygen atoms in total. The van der Waals surface area contributed by atoms with Crippen molar-refractivity contribution in [1.29, 1.82) is 0 Å². The molecule has 4 saturated carbocycles. The zero-order valence-electron chi connectivity index (χ0n) is 13.6. The Labute approximate surface area is 125 Å². The first kappa shape index (κ1) is 13.6. The minimum Gasteiger partial charge on any atom is -0.314 e. The van der Waals surface area contributed by atoms with Crippen LogP contribution in [0.2, 0.25) is 0 Å². The molecule has 4 fully saturated rings. The van der Waals surface area contributed by atoms with Crippen LogP contribution in [0.4, 0.5) is 0 Å². The van der Waals surface area contributed by atoms with Gasteiger partial charge in [0.25, 0.3) is 0 Å². The summed E-state index contributed by atoms with van der Waals surface area (Å²) in [6, 6.07) is 0.864. The van der Waals surface area contributed by atoms with Crippen LogP contribution < -0.4 is 5.32 Å². The first-order valence-electron chi connectivity index (χ1n) is 9.42. The molecule has 2 bridgehead atoms. The van der Waals surface area contributed by atoms with Gasteiger partial charge in [0.15, 0.2) is 0 Å². The summed E-state index contributed by atoms with van der Waals surface area (Å²) < 4.78 is 0. The molecule has 0 aromatic heterocycles. The first-order valence-corrected chi connectivity index (χ1v) is 9.42. The molecule has 0 aromatic rings. The van der Waals surface area contributed by atoms with E-state index in [1.54, 1.807) is 19.3 Å². The maximum atomic E-state index is 3.95. The highest BCUT2D eigenvalue weighted by Gasteiger charge is 2.67. The molecule has 4 aliphatic rings. The Morgan fingerprint density at radius 3 is 2.05 bits per heavy atom. The lowest BCUT2D eigenvalue weighted by molar-refractivity contribution is 0.154. The van der Waals surface area contributed by atoms with E-state index in [1.807, 2.05) is 0 Å². The number of nitrogens with one attached hydrogen (secondary N) is 1. The van der Waals surface area contributed by atoms with Gasteiger partial charge < -0.3 is 5.32 Å². The SMILES string of the molecule is CCNC(C1CC(C)CC(C)C1)C1C2C3CCC(C3)C21. The van der Waals surface area contributed by atoms with E-state index >= 15 is 0 Å². The molecule has 1 N–H and O–H groups in total. The van der Waals surface area contributed by atoms with E-state index in [9.17, 15) is 0 Å². The Hall–Kier alpha value is -0.0400. The molecule has 0 saturated heterocycles. The third-order valence-electron chi connectivity index (χ3n) is 7.37. The van der Waals surface area contributed by atoms with Crippen LogP contribution >= 0.6 is 0 Å². The largest absolute Gasteiger partial charge is 0.314 e. The number of hydrogen-bond donors (Lipinski definition) is 1. The smallest absolute Gasteiger partial charge is 0.0129 e. The highest BCUT2D eigenvalue weighted by Crippen LogP contribution is 2.71. The molecule has 7 unspecified atom stereocenters. The molecule has 1 heteroatoms. The molecule has 20 heavy (non-hydrogen) atoms. The van der Waals surface area contributed by atoms with Crippen molar-refractivity contribution in [3.05, 3.63) is 0 Å². The van der Waals surface area contributed by atoms with Crippen molar-refractivity contribution in [3.63, 3.8) is 0 Å². The minimum atomic E-state index is 0.864. The monoisotopic (exact) mass is 275 g/mol. The van der Waals surface area contributed by atoms with Crippen LogP contribution in [0.3, 0.4) is 0 Å². The van der Waals surface area contributed by atoms with Gasteiger partial charge >= 0.3 is 0 Å². The lowest BCUT2D eigenvalue weighted by Gasteiger charge is -2.38. The Morgan fingerprint density at radius 2 is 1.50 bits per heavy atom. The molecule has 4 aliphatic carbocycles. The third kappa shape index (κ3) is 2.07. The number of hydrogen-bond acceptors (Lipinski definition) is 1. The number of fused-ring (bicyclic) bond motifs is 5. The van der Waals surface area contributed by atoms with E-state index in [4.69, 9.17) is 0 Å². The molecule has 0 spiro atoms. The van der Waals surface area contributed by atoms with Gasteiger partial charge in [0.05, 0.1) is 0 Å². The van der Waals surface area contributed by atoms with Crippen LogP contribution in [0, 0.1) is 47.3 Å². The molecule has 0 amide bonds. The maximum absolute atomic E-state index is 3.95. The van der Waals surface area contributed by atoms with Crippen LogP contribution in [0.1, 0.15) is 59.3 Å². The van der Waals surface area contributed by atoms with E-state index in [2.05, 4.69) is 26.1 Å². The lowest BCUT2D eigenvalue weighted by Crippen LogP contribution is -2.42. The van der Waals surface area contributed by atoms with E-state index in [0.717, 1.165) is 53.4 Å². The Kier molecular flexibility index (Phi) is 3.41. The second-order valence-electron chi connectivity index (χ2n) is 8.83. The molecule has 7 atom stereocenters. The van der Waals surface area contributed by atoms with E-state index in [0.29, 0.717) is 0 Å². The van der Waals surface area contributed by atoms with Crippen molar-refractivity contribution < 1.29 is 0 Å². The molecule has 0 aromatic carbocycles. The average molecular weight is 275 g/mol. The fourth-order valence-corrected chi connectivity index (χ4v) is 7.03. The van der Waals surface area contributed by atoms with Crippen LogP contribution in [-0.2, 0) is 0 Å². The fraction of sp³-hybridized carbons (Fsp3) is 1.00. The quantitative estimate of drug-likeness (QED) is 0.805. The highest BCUT2D eigenvalue weighted by molar-refractivity contribution is 5.16. The van der Waals surface area contributed by atoms with Crippen LogP contribution in [-0.4, -0.2) is 12.6 Å². The zero-order valence-corrected chi connectivity index (χ0v) is 13.6. The Bertz CT molecular complexity index is 337. The standard InChI is InChI=1S/C19H33N/c1-4-20-19(15-8-11(2)7-12(3)9-15)18-16-13-5-6-14(10-13)17(16)18/h11-20H,4-10H2,1-3H3. The van der Waals surface area contributed by atoms with E-state index < -0.39 is 0 Å². The molecule has 0 radical (unpaired) electrons. The summed E-state index contributed by atoms with van der Waals surface area (Å²) in [4.78, 5) is 0. The van der Waals surface area contributed by atoms with Crippen molar-refractivity contribution in [2.75, 3.05) is 6.54 Å². The second-order valence-corrected chi connectivity index (χ2v) is 8.83. The molecule has 0 aliphatic heterocycles. The van der Waals surface area contributed by atoms with Gasteiger partial charge in [-0.1, -0.05) is 20.8 Å². The molecular formula is C19H33N. The molecule has 114 valence electrons. The van der Waals surface area contributed by atoms with Crippen molar-refractivity contribution in [2.45, 2.75) is 65.3 Å². The fourth-order valence-electron chi connectivity index (χ4n) is 7.03. The van der Waals surface area contributed by atoms with Crippen molar-refractivity contribution in [3.8, 4) is 0 Å². The highest BCUT2D eigenvalue weighted by atomic mass is 15.0. The molecular weight excluding hydrogens is 242 g/mol. The topological polar surface area (TPSA) is 12.0 Å². The van der Waals surface area contributed by atoms with Gasteiger partial charge in [-0.3, -0.25) is 0 Å². The summed E-state index contributed by atoms with van der Waals surface area (Å²) in [5.41, 5.74) is 0. The van der Waals surface area contributed by atoms with Gasteiger partial charge in [0, 0.05) is 6.04 Å². The van der Waals surface area contributed by atoms with Crippen LogP contribution in [0.15, 0.2) is 0 Å². The predicted molar refractivity (Wildman–Crippen MR) is 84.4 cm³/mol. The summed E-state index contributed by atoms with van der Waals surface area (Å²) in [5.74, 6) is 8.52. The first-order chi connectivity index (χ1) is 9.69. The van der Waals surface area contributed by atoms with Crippen molar-refractivity contribution in [1.82, 2.24) is 5.32 Å². The second kappa shape index (κ2) is 5.00. The van der Waals surface area contributed by atoms with Gasteiger partial charge in [-0.15, -0.1) is 0 Å². The Balaban J connectivity index is 1.48. The van der Waals surface area contributed by atoms with Crippen LogP contribution in [0.25, 0.3) is 0 Å². The molecule has 4 rings (SSSR count). The summed E-state index contributed by atoms with van der Waals surface area (Å²) in [6.45, 7) is 8.47. The summed E-state index contributed by atoms with van der Waals surface area (Å²) in [7, 11) is 0. The van der Waals surface area contributed by atoms with E-state index in [1.165, 1.54) is 25.8 Å². The van der Waals surface area contributed by atoms with Gasteiger partial charge in [-0.05, 0) is 92.4 Å². The van der Waals surface area contributed by atoms with Gasteiger partial charge in [-0.2, -0.15) is 0 Å². The zero-order chi connectivity index (χ0) is 13.9. The summed E-state index contributed by atoms with van der Waals surface area (Å²) in [5, 5.41) is 3.95. The molecule has 0 heterocycles. The van der Waals surface area contributed by atoms with Crippen molar-refractivity contribution >= 4 is 0 Å².